The van der Waals surface area contributed by atoms with Crippen molar-refractivity contribution in [3.05, 3.63) is 46.2 Å². The number of hydrogen-bond donors (Lipinski definition) is 1. The second-order valence-electron chi connectivity index (χ2n) is 5.61. The molecule has 0 saturated heterocycles. The highest BCUT2D eigenvalue weighted by atomic mass is 35.5. The third-order valence-corrected chi connectivity index (χ3v) is 3.99. The number of hydrogen-bond acceptors (Lipinski definition) is 4. The predicted molar refractivity (Wildman–Crippen MR) is 100 cm³/mol. The maximum atomic E-state index is 5.90. The Bertz CT molecular complexity index is 558. The molecule has 0 bridgehead atoms. The zero-order valence-electron chi connectivity index (χ0n) is 14.0. The minimum Gasteiger partial charge on any atom is -0.490 e. The van der Waals surface area contributed by atoms with E-state index < -0.39 is 0 Å². The molecule has 0 aliphatic heterocycles. The SMILES string of the molecule is CCOc1cc(CNCC(C)C)ccc1OCc1cccs1.Cl. The van der Waals surface area contributed by atoms with E-state index in [2.05, 4.69) is 42.7 Å². The molecule has 0 aliphatic rings. The van der Waals surface area contributed by atoms with Gasteiger partial charge in [-0.15, -0.1) is 23.7 Å². The van der Waals surface area contributed by atoms with Crippen molar-refractivity contribution in [3.63, 3.8) is 0 Å². The molecular formula is C18H26ClNO2S. The normalized spacial score (nSPS) is 10.4. The van der Waals surface area contributed by atoms with Gasteiger partial charge in [0, 0.05) is 11.4 Å². The first-order valence-electron chi connectivity index (χ1n) is 7.80. The van der Waals surface area contributed by atoms with Gasteiger partial charge in [0.2, 0.25) is 0 Å². The molecule has 1 heterocycles. The topological polar surface area (TPSA) is 30.5 Å². The van der Waals surface area contributed by atoms with Gasteiger partial charge in [-0.05, 0) is 48.5 Å². The van der Waals surface area contributed by atoms with E-state index in [4.69, 9.17) is 9.47 Å². The second kappa shape index (κ2) is 10.5. The standard InChI is InChI=1S/C18H25NO2S.ClH/c1-4-20-18-10-15(12-19-11-14(2)3)7-8-17(18)21-13-16-6-5-9-22-16;/h5-10,14,19H,4,11-13H2,1-3H3;1H. The maximum Gasteiger partial charge on any atom is 0.161 e. The van der Waals surface area contributed by atoms with E-state index >= 15 is 0 Å². The molecule has 1 aromatic carbocycles. The Morgan fingerprint density at radius 1 is 1.13 bits per heavy atom. The quantitative estimate of drug-likeness (QED) is 0.694. The van der Waals surface area contributed by atoms with Crippen molar-refractivity contribution >= 4 is 23.7 Å². The highest BCUT2D eigenvalue weighted by Crippen LogP contribution is 2.29. The molecule has 5 heteroatoms. The molecule has 0 aliphatic carbocycles. The lowest BCUT2D eigenvalue weighted by Crippen LogP contribution is -2.18. The number of benzene rings is 1. The summed E-state index contributed by atoms with van der Waals surface area (Å²) >= 11 is 1.70. The van der Waals surface area contributed by atoms with E-state index in [-0.39, 0.29) is 12.4 Å². The molecule has 128 valence electrons. The molecule has 0 fully saturated rings. The minimum atomic E-state index is 0. The van der Waals surface area contributed by atoms with Crippen LogP contribution in [-0.2, 0) is 13.2 Å². The summed E-state index contributed by atoms with van der Waals surface area (Å²) in [7, 11) is 0. The Kier molecular flexibility index (Phi) is 9.07. The molecule has 0 radical (unpaired) electrons. The molecule has 0 spiro atoms. The molecule has 2 aromatic rings. The van der Waals surface area contributed by atoms with E-state index in [0.29, 0.717) is 19.1 Å². The van der Waals surface area contributed by atoms with Gasteiger partial charge < -0.3 is 14.8 Å². The van der Waals surface area contributed by atoms with Crippen molar-refractivity contribution in [2.75, 3.05) is 13.2 Å². The summed E-state index contributed by atoms with van der Waals surface area (Å²) in [5.41, 5.74) is 1.22. The van der Waals surface area contributed by atoms with Crippen LogP contribution in [0.5, 0.6) is 11.5 Å². The zero-order chi connectivity index (χ0) is 15.8. The van der Waals surface area contributed by atoms with Gasteiger partial charge in [-0.2, -0.15) is 0 Å². The van der Waals surface area contributed by atoms with Crippen molar-refractivity contribution < 1.29 is 9.47 Å². The van der Waals surface area contributed by atoms with Gasteiger partial charge in [0.15, 0.2) is 11.5 Å². The Hall–Kier alpha value is -1.23. The van der Waals surface area contributed by atoms with Crippen molar-refractivity contribution in [1.82, 2.24) is 5.32 Å². The third-order valence-electron chi connectivity index (χ3n) is 3.14. The Balaban J connectivity index is 0.00000264. The van der Waals surface area contributed by atoms with Crippen molar-refractivity contribution in [1.29, 1.82) is 0 Å². The van der Waals surface area contributed by atoms with Gasteiger partial charge in [0.1, 0.15) is 6.61 Å². The Morgan fingerprint density at radius 2 is 1.96 bits per heavy atom. The van der Waals surface area contributed by atoms with E-state index in [0.717, 1.165) is 24.6 Å². The monoisotopic (exact) mass is 355 g/mol. The lowest BCUT2D eigenvalue weighted by atomic mass is 10.2. The number of thiophene rings is 1. The first kappa shape index (κ1) is 19.8. The van der Waals surface area contributed by atoms with Crippen LogP contribution in [0.4, 0.5) is 0 Å². The molecule has 23 heavy (non-hydrogen) atoms. The zero-order valence-corrected chi connectivity index (χ0v) is 15.6. The van der Waals surface area contributed by atoms with Gasteiger partial charge in [0.25, 0.3) is 0 Å². The van der Waals surface area contributed by atoms with Crippen LogP contribution in [0.25, 0.3) is 0 Å². The second-order valence-corrected chi connectivity index (χ2v) is 6.64. The van der Waals surface area contributed by atoms with Crippen LogP contribution >= 0.6 is 23.7 Å². The largest absolute Gasteiger partial charge is 0.490 e. The summed E-state index contributed by atoms with van der Waals surface area (Å²) in [6.45, 7) is 9.50. The fraction of sp³-hybridized carbons (Fsp3) is 0.444. The van der Waals surface area contributed by atoms with Gasteiger partial charge in [-0.1, -0.05) is 26.0 Å². The highest BCUT2D eigenvalue weighted by molar-refractivity contribution is 7.09. The molecule has 2 rings (SSSR count). The number of halogens is 1. The third kappa shape index (κ3) is 6.81. The summed E-state index contributed by atoms with van der Waals surface area (Å²) < 4.78 is 11.6. The lowest BCUT2D eigenvalue weighted by Gasteiger charge is -2.14. The first-order chi connectivity index (χ1) is 10.7. The summed E-state index contributed by atoms with van der Waals surface area (Å²) in [6, 6.07) is 10.3. The Labute approximate surface area is 149 Å². The fourth-order valence-electron chi connectivity index (χ4n) is 2.10. The molecule has 1 aromatic heterocycles. The molecule has 1 N–H and O–H groups in total. The molecule has 0 amide bonds. The number of ether oxygens (including phenoxy) is 2. The average Bonchev–Trinajstić information content (AvgIpc) is 3.00. The molecular weight excluding hydrogens is 330 g/mol. The maximum absolute atomic E-state index is 5.90. The van der Waals surface area contributed by atoms with Crippen LogP contribution in [0.2, 0.25) is 0 Å². The van der Waals surface area contributed by atoms with E-state index in [9.17, 15) is 0 Å². The minimum absolute atomic E-state index is 0. The van der Waals surface area contributed by atoms with Crippen LogP contribution in [-0.4, -0.2) is 13.2 Å². The van der Waals surface area contributed by atoms with E-state index in [1.54, 1.807) is 11.3 Å². The van der Waals surface area contributed by atoms with Crippen molar-refractivity contribution in [2.24, 2.45) is 5.92 Å². The van der Waals surface area contributed by atoms with Gasteiger partial charge in [-0.25, -0.2) is 0 Å². The van der Waals surface area contributed by atoms with Crippen LogP contribution in [0.15, 0.2) is 35.7 Å². The summed E-state index contributed by atoms with van der Waals surface area (Å²) in [5, 5.41) is 5.51. The van der Waals surface area contributed by atoms with E-state index in [1.807, 2.05) is 19.1 Å². The first-order valence-corrected chi connectivity index (χ1v) is 8.68. The Morgan fingerprint density at radius 3 is 2.61 bits per heavy atom. The summed E-state index contributed by atoms with van der Waals surface area (Å²) in [6.07, 6.45) is 0. The predicted octanol–water partition coefficient (Wildman–Crippen LogP) is 4.89. The van der Waals surface area contributed by atoms with Crippen LogP contribution in [0.1, 0.15) is 31.2 Å². The summed E-state index contributed by atoms with van der Waals surface area (Å²) in [4.78, 5) is 1.21. The lowest BCUT2D eigenvalue weighted by molar-refractivity contribution is 0.271. The molecule has 0 atom stereocenters. The average molecular weight is 356 g/mol. The van der Waals surface area contributed by atoms with Crippen LogP contribution in [0, 0.1) is 5.92 Å². The van der Waals surface area contributed by atoms with E-state index in [1.165, 1.54) is 10.4 Å². The van der Waals surface area contributed by atoms with Crippen LogP contribution < -0.4 is 14.8 Å². The molecule has 3 nitrogen and oxygen atoms in total. The van der Waals surface area contributed by atoms with Gasteiger partial charge in [0.05, 0.1) is 6.61 Å². The molecule has 0 saturated carbocycles. The van der Waals surface area contributed by atoms with Crippen molar-refractivity contribution in [2.45, 2.75) is 33.9 Å². The smallest absolute Gasteiger partial charge is 0.161 e. The van der Waals surface area contributed by atoms with Crippen LogP contribution in [0.3, 0.4) is 0 Å². The van der Waals surface area contributed by atoms with Gasteiger partial charge in [-0.3, -0.25) is 0 Å². The van der Waals surface area contributed by atoms with Gasteiger partial charge >= 0.3 is 0 Å². The highest BCUT2D eigenvalue weighted by Gasteiger charge is 2.07. The summed E-state index contributed by atoms with van der Waals surface area (Å²) in [5.74, 6) is 2.28. The number of nitrogens with one attached hydrogen (secondary N) is 1. The van der Waals surface area contributed by atoms with Crippen molar-refractivity contribution in [3.8, 4) is 11.5 Å². The number of rotatable bonds is 9. The fourth-order valence-corrected chi connectivity index (χ4v) is 2.71. The molecule has 0 unspecified atom stereocenters.